The molecule has 112 valence electrons. The van der Waals surface area contributed by atoms with E-state index in [-0.39, 0.29) is 5.97 Å². The van der Waals surface area contributed by atoms with Crippen LogP contribution in [0.1, 0.15) is 20.8 Å². The van der Waals surface area contributed by atoms with Crippen molar-refractivity contribution in [3.8, 4) is 0 Å². The molecule has 0 bridgehead atoms. The van der Waals surface area contributed by atoms with Crippen LogP contribution in [-0.2, 0) is 17.8 Å². The number of carbonyl (C=O) groups is 1. The Morgan fingerprint density at radius 2 is 2.10 bits per heavy atom. The second-order valence-electron chi connectivity index (χ2n) is 4.68. The average Bonchev–Trinajstić information content (AvgIpc) is 2.85. The van der Waals surface area contributed by atoms with Crippen molar-refractivity contribution in [2.75, 3.05) is 14.2 Å². The highest BCUT2D eigenvalue weighted by Gasteiger charge is 2.10. The van der Waals surface area contributed by atoms with Crippen LogP contribution in [0.4, 0.5) is 0 Å². The number of ether oxygens (including phenoxy) is 1. The highest BCUT2D eigenvalue weighted by atomic mass is 79.9. The van der Waals surface area contributed by atoms with Gasteiger partial charge in [0, 0.05) is 22.4 Å². The van der Waals surface area contributed by atoms with Gasteiger partial charge in [0.25, 0.3) is 0 Å². The van der Waals surface area contributed by atoms with Gasteiger partial charge < -0.3 is 4.74 Å². The van der Waals surface area contributed by atoms with Crippen molar-refractivity contribution in [2.24, 2.45) is 0 Å². The molecule has 0 unspecified atom stereocenters. The molecule has 0 aliphatic carbocycles. The molecule has 2 aromatic rings. The van der Waals surface area contributed by atoms with Gasteiger partial charge in [-0.3, -0.25) is 4.90 Å². The molecule has 0 N–H and O–H groups in total. The second-order valence-corrected chi connectivity index (χ2v) is 7.33. The van der Waals surface area contributed by atoms with Crippen molar-refractivity contribution in [3.05, 3.63) is 55.1 Å². The van der Waals surface area contributed by atoms with Gasteiger partial charge in [-0.15, -0.1) is 11.3 Å². The van der Waals surface area contributed by atoms with E-state index in [1.165, 1.54) is 12.0 Å². The lowest BCUT2D eigenvalue weighted by Gasteiger charge is -2.17. The minimum absolute atomic E-state index is 0.330. The number of benzene rings is 1. The van der Waals surface area contributed by atoms with E-state index in [2.05, 4.69) is 20.8 Å². The van der Waals surface area contributed by atoms with Crippen LogP contribution in [0.5, 0.6) is 0 Å². The zero-order valence-electron chi connectivity index (χ0n) is 11.7. The van der Waals surface area contributed by atoms with E-state index < -0.39 is 0 Å². The molecule has 3 nitrogen and oxygen atoms in total. The average molecular weight is 389 g/mol. The van der Waals surface area contributed by atoms with Crippen LogP contribution in [0.2, 0.25) is 4.34 Å². The fourth-order valence-electron chi connectivity index (χ4n) is 1.97. The van der Waals surface area contributed by atoms with Crippen LogP contribution >= 0.6 is 38.9 Å². The third kappa shape index (κ3) is 4.54. The van der Waals surface area contributed by atoms with Gasteiger partial charge in [-0.25, -0.2) is 4.79 Å². The van der Waals surface area contributed by atoms with Gasteiger partial charge in [-0.1, -0.05) is 33.6 Å². The monoisotopic (exact) mass is 387 g/mol. The Balaban J connectivity index is 2.03. The van der Waals surface area contributed by atoms with Crippen molar-refractivity contribution in [3.63, 3.8) is 0 Å². The summed E-state index contributed by atoms with van der Waals surface area (Å²) in [5.74, 6) is -0.330. The number of carbonyl (C=O) groups excluding carboxylic acids is 1. The minimum atomic E-state index is -0.330. The maximum Gasteiger partial charge on any atom is 0.337 e. The zero-order chi connectivity index (χ0) is 15.4. The summed E-state index contributed by atoms with van der Waals surface area (Å²) in [6, 6.07) is 9.46. The zero-order valence-corrected chi connectivity index (χ0v) is 14.9. The fourth-order valence-corrected chi connectivity index (χ4v) is 3.64. The van der Waals surface area contributed by atoms with Crippen LogP contribution < -0.4 is 0 Å². The Hall–Kier alpha value is -0.880. The number of esters is 1. The van der Waals surface area contributed by atoms with Crippen LogP contribution in [0.25, 0.3) is 0 Å². The SMILES string of the molecule is COC(=O)c1ccc(CN(C)Cc2ccc(Cl)s2)c(Br)c1. The Morgan fingerprint density at radius 3 is 2.67 bits per heavy atom. The summed E-state index contributed by atoms with van der Waals surface area (Å²) in [5, 5.41) is 0. The van der Waals surface area contributed by atoms with Crippen molar-refractivity contribution in [2.45, 2.75) is 13.1 Å². The molecule has 1 aromatic carbocycles. The van der Waals surface area contributed by atoms with Crippen molar-refractivity contribution >= 4 is 44.8 Å². The maximum atomic E-state index is 11.5. The lowest BCUT2D eigenvalue weighted by Crippen LogP contribution is -2.17. The van der Waals surface area contributed by atoms with Gasteiger partial charge in [-0.2, -0.15) is 0 Å². The molecule has 0 amide bonds. The standard InChI is InChI=1S/C15H15BrClNO2S/c1-18(9-12-5-6-14(17)21-12)8-11-4-3-10(7-13(11)16)15(19)20-2/h3-7H,8-9H2,1-2H3. The third-order valence-corrected chi connectivity index (χ3v) is 4.92. The Bertz CT molecular complexity index is 644. The number of halogens is 2. The Kier molecular flexibility index (Phi) is 5.81. The van der Waals surface area contributed by atoms with E-state index in [1.807, 2.05) is 25.2 Å². The summed E-state index contributed by atoms with van der Waals surface area (Å²) in [6.07, 6.45) is 0. The Morgan fingerprint density at radius 1 is 1.33 bits per heavy atom. The highest BCUT2D eigenvalue weighted by molar-refractivity contribution is 9.10. The minimum Gasteiger partial charge on any atom is -0.465 e. The third-order valence-electron chi connectivity index (χ3n) is 2.97. The van der Waals surface area contributed by atoms with E-state index in [1.54, 1.807) is 23.5 Å². The van der Waals surface area contributed by atoms with Crippen LogP contribution in [0, 0.1) is 0 Å². The molecule has 0 radical (unpaired) electrons. The summed E-state index contributed by atoms with van der Waals surface area (Å²) in [5.41, 5.74) is 1.66. The van der Waals surface area contributed by atoms with Crippen molar-refractivity contribution < 1.29 is 9.53 Å². The summed E-state index contributed by atoms with van der Waals surface area (Å²) in [7, 11) is 3.43. The highest BCUT2D eigenvalue weighted by Crippen LogP contribution is 2.24. The van der Waals surface area contributed by atoms with E-state index in [9.17, 15) is 4.79 Å². The molecule has 1 aromatic heterocycles. The van der Waals surface area contributed by atoms with Gasteiger partial charge in [0.05, 0.1) is 17.0 Å². The molecule has 1 heterocycles. The van der Waals surface area contributed by atoms with Gasteiger partial charge in [0.1, 0.15) is 0 Å². The summed E-state index contributed by atoms with van der Waals surface area (Å²) >= 11 is 11.0. The molecule has 0 saturated carbocycles. The first kappa shape index (κ1) is 16.5. The van der Waals surface area contributed by atoms with Crippen molar-refractivity contribution in [1.29, 1.82) is 0 Å². The van der Waals surface area contributed by atoms with E-state index >= 15 is 0 Å². The molecule has 0 atom stereocenters. The normalized spacial score (nSPS) is 10.9. The molecular formula is C15H15BrClNO2S. The van der Waals surface area contributed by atoms with Crippen molar-refractivity contribution in [1.82, 2.24) is 4.90 Å². The molecular weight excluding hydrogens is 374 g/mol. The van der Waals surface area contributed by atoms with Gasteiger partial charge in [-0.05, 0) is 36.9 Å². The number of hydrogen-bond acceptors (Lipinski definition) is 4. The summed E-state index contributed by atoms with van der Waals surface area (Å²) in [6.45, 7) is 1.61. The van der Waals surface area contributed by atoms with E-state index in [0.717, 1.165) is 27.5 Å². The fraction of sp³-hybridized carbons (Fsp3) is 0.267. The number of methoxy groups -OCH3 is 1. The van der Waals surface area contributed by atoms with Crippen LogP contribution in [0.3, 0.4) is 0 Å². The molecule has 0 fully saturated rings. The number of nitrogens with zero attached hydrogens (tertiary/aromatic N) is 1. The van der Waals surface area contributed by atoms with Gasteiger partial charge in [0.2, 0.25) is 0 Å². The predicted octanol–water partition coefficient (Wildman–Crippen LogP) is 4.58. The first-order valence-electron chi connectivity index (χ1n) is 6.29. The smallest absolute Gasteiger partial charge is 0.337 e. The van der Waals surface area contributed by atoms with Crippen LogP contribution in [0.15, 0.2) is 34.8 Å². The topological polar surface area (TPSA) is 29.5 Å². The largest absolute Gasteiger partial charge is 0.465 e. The number of rotatable bonds is 5. The summed E-state index contributed by atoms with van der Waals surface area (Å²) in [4.78, 5) is 14.9. The molecule has 6 heteroatoms. The first-order chi connectivity index (χ1) is 9.99. The molecule has 0 saturated heterocycles. The second kappa shape index (κ2) is 7.40. The molecule has 21 heavy (non-hydrogen) atoms. The predicted molar refractivity (Wildman–Crippen MR) is 90.0 cm³/mol. The molecule has 2 rings (SSSR count). The Labute approximate surface area is 141 Å². The molecule has 0 aliphatic heterocycles. The maximum absolute atomic E-state index is 11.5. The van der Waals surface area contributed by atoms with Gasteiger partial charge >= 0.3 is 5.97 Å². The first-order valence-corrected chi connectivity index (χ1v) is 8.28. The summed E-state index contributed by atoms with van der Waals surface area (Å²) < 4.78 is 6.42. The van der Waals surface area contributed by atoms with E-state index in [0.29, 0.717) is 5.56 Å². The molecule has 0 spiro atoms. The van der Waals surface area contributed by atoms with E-state index in [4.69, 9.17) is 16.3 Å². The quantitative estimate of drug-likeness (QED) is 0.702. The molecule has 0 aliphatic rings. The lowest BCUT2D eigenvalue weighted by atomic mass is 10.1. The number of thiophene rings is 1. The van der Waals surface area contributed by atoms with Crippen LogP contribution in [-0.4, -0.2) is 25.0 Å². The van der Waals surface area contributed by atoms with Gasteiger partial charge in [0.15, 0.2) is 0 Å². The number of hydrogen-bond donors (Lipinski definition) is 0. The lowest BCUT2D eigenvalue weighted by molar-refractivity contribution is 0.0600.